The third-order valence-corrected chi connectivity index (χ3v) is 4.98. The molecule has 1 aromatic rings. The average Bonchev–Trinajstić information content (AvgIpc) is 2.59. The lowest BCUT2D eigenvalue weighted by atomic mass is 10.0. The Labute approximate surface area is 142 Å². The maximum Gasteiger partial charge on any atom is 0.227 e. The van der Waals surface area contributed by atoms with Gasteiger partial charge in [-0.25, -0.2) is 0 Å². The minimum absolute atomic E-state index is 0.138. The second kappa shape index (κ2) is 7.61. The number of piperazine rings is 1. The van der Waals surface area contributed by atoms with E-state index in [0.717, 1.165) is 5.56 Å². The number of carbonyl (C=O) groups is 1. The second-order valence-corrected chi connectivity index (χ2v) is 6.74. The van der Waals surface area contributed by atoms with Gasteiger partial charge in [0.25, 0.3) is 0 Å². The maximum absolute atomic E-state index is 12.4. The van der Waals surface area contributed by atoms with Crippen LogP contribution in [-0.4, -0.2) is 83.6 Å². The Morgan fingerprint density at radius 2 is 1.79 bits per heavy atom. The van der Waals surface area contributed by atoms with Gasteiger partial charge < -0.3 is 19.8 Å². The Kier molecular flexibility index (Phi) is 5.50. The molecule has 3 rings (SSSR count). The van der Waals surface area contributed by atoms with Crippen molar-refractivity contribution in [2.75, 3.05) is 39.4 Å². The Morgan fingerprint density at radius 1 is 1.12 bits per heavy atom. The molecule has 0 bridgehead atoms. The average molecular weight is 334 g/mol. The van der Waals surface area contributed by atoms with Crippen LogP contribution in [0, 0.1) is 6.92 Å². The van der Waals surface area contributed by atoms with Crippen molar-refractivity contribution in [1.82, 2.24) is 9.80 Å². The molecule has 2 heterocycles. The largest absolute Gasteiger partial charge is 0.389 e. The van der Waals surface area contributed by atoms with E-state index in [1.807, 2.05) is 36.1 Å². The zero-order valence-electron chi connectivity index (χ0n) is 14.1. The van der Waals surface area contributed by atoms with E-state index < -0.39 is 12.2 Å². The van der Waals surface area contributed by atoms with E-state index in [1.165, 1.54) is 5.56 Å². The van der Waals surface area contributed by atoms with E-state index in [9.17, 15) is 15.0 Å². The maximum atomic E-state index is 12.4. The minimum atomic E-state index is -0.829. The molecule has 0 aliphatic carbocycles. The van der Waals surface area contributed by atoms with Crippen molar-refractivity contribution < 1.29 is 19.7 Å². The van der Waals surface area contributed by atoms with Crippen LogP contribution < -0.4 is 0 Å². The molecule has 2 aliphatic heterocycles. The third kappa shape index (κ3) is 3.95. The van der Waals surface area contributed by atoms with Gasteiger partial charge in [0.2, 0.25) is 5.91 Å². The molecule has 0 unspecified atom stereocenters. The standard InChI is InChI=1S/C18H26N2O4/c1-13-2-4-14(5-3-13)10-17(22)20-8-6-19(7-9-20)15-11-24-12-16(21)18(15)23/h2-5,15-16,18,21,23H,6-12H2,1H3/t15-,16-,18+/m1/s1. The van der Waals surface area contributed by atoms with Crippen LogP contribution in [0.25, 0.3) is 0 Å². The molecule has 0 saturated carbocycles. The highest BCUT2D eigenvalue weighted by Gasteiger charge is 2.36. The van der Waals surface area contributed by atoms with Crippen LogP contribution in [-0.2, 0) is 16.0 Å². The van der Waals surface area contributed by atoms with Crippen molar-refractivity contribution in [2.45, 2.75) is 31.6 Å². The highest BCUT2D eigenvalue weighted by Crippen LogP contribution is 2.17. The molecule has 2 fully saturated rings. The summed E-state index contributed by atoms with van der Waals surface area (Å²) in [5.74, 6) is 0.138. The van der Waals surface area contributed by atoms with E-state index in [4.69, 9.17) is 4.74 Å². The number of aliphatic hydroxyl groups excluding tert-OH is 2. The van der Waals surface area contributed by atoms with Gasteiger partial charge in [0.05, 0.1) is 31.8 Å². The number of hydrogen-bond acceptors (Lipinski definition) is 5. The number of hydrogen-bond donors (Lipinski definition) is 2. The van der Waals surface area contributed by atoms with Crippen molar-refractivity contribution in [3.63, 3.8) is 0 Å². The molecular weight excluding hydrogens is 308 g/mol. The lowest BCUT2D eigenvalue weighted by molar-refractivity contribution is -0.144. The lowest BCUT2D eigenvalue weighted by Gasteiger charge is -2.43. The van der Waals surface area contributed by atoms with Gasteiger partial charge in [0.15, 0.2) is 0 Å². The quantitative estimate of drug-likeness (QED) is 0.801. The summed E-state index contributed by atoms with van der Waals surface area (Å²) in [7, 11) is 0. The smallest absolute Gasteiger partial charge is 0.227 e. The summed E-state index contributed by atoms with van der Waals surface area (Å²) in [4.78, 5) is 16.4. The molecule has 2 aliphatic rings. The first-order chi connectivity index (χ1) is 11.5. The summed E-state index contributed by atoms with van der Waals surface area (Å²) in [5, 5.41) is 19.9. The van der Waals surface area contributed by atoms with Gasteiger partial charge in [-0.2, -0.15) is 0 Å². The van der Waals surface area contributed by atoms with Crippen molar-refractivity contribution in [3.8, 4) is 0 Å². The van der Waals surface area contributed by atoms with Crippen LogP contribution in [0.3, 0.4) is 0 Å². The molecular formula is C18H26N2O4. The first-order valence-corrected chi connectivity index (χ1v) is 8.56. The molecule has 1 amide bonds. The number of ether oxygens (including phenoxy) is 1. The third-order valence-electron chi connectivity index (χ3n) is 4.98. The number of aliphatic hydroxyl groups is 2. The number of rotatable bonds is 3. The predicted molar refractivity (Wildman–Crippen MR) is 89.7 cm³/mol. The number of amides is 1. The fourth-order valence-corrected chi connectivity index (χ4v) is 3.38. The molecule has 0 radical (unpaired) electrons. The summed E-state index contributed by atoms with van der Waals surface area (Å²) < 4.78 is 5.35. The highest BCUT2D eigenvalue weighted by atomic mass is 16.5. The Balaban J connectivity index is 1.51. The van der Waals surface area contributed by atoms with E-state index >= 15 is 0 Å². The van der Waals surface area contributed by atoms with Crippen molar-refractivity contribution in [3.05, 3.63) is 35.4 Å². The van der Waals surface area contributed by atoms with Crippen LogP contribution in [0.1, 0.15) is 11.1 Å². The van der Waals surface area contributed by atoms with Crippen LogP contribution in [0.4, 0.5) is 0 Å². The van der Waals surface area contributed by atoms with Gasteiger partial charge >= 0.3 is 0 Å². The normalized spacial score (nSPS) is 28.8. The number of benzene rings is 1. The first-order valence-electron chi connectivity index (χ1n) is 8.56. The van der Waals surface area contributed by atoms with E-state index in [1.54, 1.807) is 0 Å². The minimum Gasteiger partial charge on any atom is -0.389 e. The number of carbonyl (C=O) groups excluding carboxylic acids is 1. The van der Waals surface area contributed by atoms with E-state index in [2.05, 4.69) is 4.90 Å². The lowest BCUT2D eigenvalue weighted by Crippen LogP contribution is -2.60. The molecule has 3 atom stereocenters. The monoisotopic (exact) mass is 334 g/mol. The van der Waals surface area contributed by atoms with Crippen LogP contribution >= 0.6 is 0 Å². The molecule has 132 valence electrons. The molecule has 0 aromatic heterocycles. The Hall–Kier alpha value is -1.47. The topological polar surface area (TPSA) is 73.2 Å². The number of nitrogens with zero attached hydrogens (tertiary/aromatic N) is 2. The fourth-order valence-electron chi connectivity index (χ4n) is 3.38. The van der Waals surface area contributed by atoms with Crippen LogP contribution in [0.2, 0.25) is 0 Å². The Bertz CT molecular complexity index is 555. The van der Waals surface area contributed by atoms with Crippen molar-refractivity contribution >= 4 is 5.91 Å². The molecule has 2 N–H and O–H groups in total. The predicted octanol–water partition coefficient (Wildman–Crippen LogP) is -0.198. The Morgan fingerprint density at radius 3 is 2.46 bits per heavy atom. The molecule has 2 saturated heterocycles. The van der Waals surface area contributed by atoms with Gasteiger partial charge in [-0.3, -0.25) is 9.69 Å². The zero-order chi connectivity index (χ0) is 17.1. The summed E-state index contributed by atoms with van der Waals surface area (Å²) in [6, 6.07) is 7.86. The SMILES string of the molecule is Cc1ccc(CC(=O)N2CCN([C@@H]3COC[C@@H](O)[C@H]3O)CC2)cc1. The van der Waals surface area contributed by atoms with Crippen molar-refractivity contribution in [2.24, 2.45) is 0 Å². The van der Waals surface area contributed by atoms with Gasteiger partial charge in [0.1, 0.15) is 6.10 Å². The van der Waals surface area contributed by atoms with E-state index in [-0.39, 0.29) is 18.6 Å². The zero-order valence-corrected chi connectivity index (χ0v) is 14.1. The van der Waals surface area contributed by atoms with E-state index in [0.29, 0.717) is 39.2 Å². The van der Waals surface area contributed by atoms with Crippen LogP contribution in [0.5, 0.6) is 0 Å². The highest BCUT2D eigenvalue weighted by molar-refractivity contribution is 5.78. The molecule has 0 spiro atoms. The summed E-state index contributed by atoms with van der Waals surface area (Å²) in [5.41, 5.74) is 2.22. The summed E-state index contributed by atoms with van der Waals surface area (Å²) in [6.45, 7) is 5.32. The van der Waals surface area contributed by atoms with Crippen molar-refractivity contribution in [1.29, 1.82) is 0 Å². The molecule has 6 nitrogen and oxygen atoms in total. The molecule has 24 heavy (non-hydrogen) atoms. The van der Waals surface area contributed by atoms with Gasteiger partial charge in [-0.05, 0) is 12.5 Å². The van der Waals surface area contributed by atoms with Gasteiger partial charge in [0, 0.05) is 26.2 Å². The molecule has 6 heteroatoms. The second-order valence-electron chi connectivity index (χ2n) is 6.74. The molecule has 1 aromatic carbocycles. The van der Waals surface area contributed by atoms with Crippen LogP contribution in [0.15, 0.2) is 24.3 Å². The fraction of sp³-hybridized carbons (Fsp3) is 0.611. The first kappa shape index (κ1) is 17.4. The number of aryl methyl sites for hydroxylation is 1. The summed E-state index contributed by atoms with van der Waals surface area (Å²) in [6.07, 6.45) is -1.19. The van der Waals surface area contributed by atoms with Gasteiger partial charge in [-0.15, -0.1) is 0 Å². The summed E-state index contributed by atoms with van der Waals surface area (Å²) >= 11 is 0. The van der Waals surface area contributed by atoms with Gasteiger partial charge in [-0.1, -0.05) is 29.8 Å².